The van der Waals surface area contributed by atoms with E-state index < -0.39 is 0 Å². The molecule has 0 aromatic carbocycles. The van der Waals surface area contributed by atoms with Crippen molar-refractivity contribution in [3.8, 4) is 0 Å². The van der Waals surface area contributed by atoms with Gasteiger partial charge < -0.3 is 0 Å². The van der Waals surface area contributed by atoms with Gasteiger partial charge in [-0.15, -0.1) is 0 Å². The maximum atomic E-state index is 2.06. The third-order valence-corrected chi connectivity index (χ3v) is 0. The fourth-order valence-corrected chi connectivity index (χ4v) is 0. The van der Waals surface area contributed by atoms with Gasteiger partial charge in [0.05, 0.1) is 0 Å². The Labute approximate surface area is 96.0 Å². The van der Waals surface area contributed by atoms with E-state index in [0.717, 1.165) is 0 Å². The van der Waals surface area contributed by atoms with Crippen molar-refractivity contribution < 1.29 is 91.8 Å². The van der Waals surface area contributed by atoms with Crippen molar-refractivity contribution in [1.82, 2.24) is 0 Å². The molecule has 0 unspecified atom stereocenters. The van der Waals surface area contributed by atoms with Gasteiger partial charge in [0, 0.05) is 72.8 Å². The molecule has 0 aliphatic rings. The molecular weight excluding hydrogens is 467 g/mol. The average molecular weight is 469 g/mol. The summed E-state index contributed by atoms with van der Waals surface area (Å²) in [4.78, 5) is 0. The van der Waals surface area contributed by atoms with E-state index in [1.807, 2.05) is 0 Å². The van der Waals surface area contributed by atoms with E-state index in [-0.39, 0.29) is 72.8 Å². The molecule has 0 bridgehead atoms. The van der Waals surface area contributed by atoms with Gasteiger partial charge in [0.25, 0.3) is 0 Å². The van der Waals surface area contributed by atoms with Crippen LogP contribution in [0.3, 0.4) is 0 Å². The Balaban J connectivity index is -0.00000000167. The summed E-state index contributed by atoms with van der Waals surface area (Å²) in [7, 11) is 0. The van der Waals surface area contributed by atoms with E-state index in [9.17, 15) is 0 Å². The zero-order valence-electron chi connectivity index (χ0n) is 2.45. The molecule has 5 heavy (non-hydrogen) atoms. The fraction of sp³-hybridized carbons (Fsp3) is 0. The summed E-state index contributed by atoms with van der Waals surface area (Å²) in [5, 5.41) is 0. The van der Waals surface area contributed by atoms with Crippen molar-refractivity contribution in [1.29, 1.82) is 0 Å². The summed E-state index contributed by atoms with van der Waals surface area (Å²) in [6.07, 6.45) is 2.06. The number of hydrogen-bond donors (Lipinski definition) is 0. The van der Waals surface area contributed by atoms with Crippen LogP contribution in [0.2, 0.25) is 0 Å². The largest absolute Gasteiger partial charge is 0 e. The van der Waals surface area contributed by atoms with E-state index in [1.54, 1.807) is 19.0 Å². The van der Waals surface area contributed by atoms with Crippen LogP contribution in [-0.4, -0.2) is 6.20 Å². The Morgan fingerprint density at radius 2 is 1.20 bits per heavy atom. The molecule has 0 saturated heterocycles. The Morgan fingerprint density at radius 3 is 1.20 bits per heavy atom. The molecule has 5 heteroatoms. The zero-order chi connectivity index (χ0) is 2.00. The molecule has 0 nitrogen and oxygen atoms in total. The first-order valence-electron chi connectivity index (χ1n) is 0.378. The van der Waals surface area contributed by atoms with Crippen LogP contribution in [0.4, 0.5) is 0 Å². The molecule has 0 aromatic rings. The Bertz CT molecular complexity index is 11.6. The predicted molar refractivity (Wildman–Crippen MR) is 8.54 cm³/mol. The van der Waals surface area contributed by atoms with Crippen LogP contribution in [-0.2, 0) is 53.1 Å². The molecule has 0 aliphatic heterocycles. The molecule has 36 valence electrons. The van der Waals surface area contributed by atoms with Crippen molar-refractivity contribution in [3.05, 3.63) is 0 Å². The second kappa shape index (κ2) is 27.7. The Morgan fingerprint density at radius 1 is 1.20 bits per heavy atom. The minimum Gasteiger partial charge on any atom is 0 e. The standard InChI is InChI=1S/BH2.Co.Cr.Re.Tb/h1H2;;;;/q+1;;;-1;. The smallest absolute Gasteiger partial charge is 0 e. The number of hydrogen-bond acceptors (Lipinski definition) is 0. The summed E-state index contributed by atoms with van der Waals surface area (Å²) in [6.45, 7) is 0. The molecule has 0 aliphatic carbocycles. The van der Waals surface area contributed by atoms with Crippen LogP contribution in [0.25, 0.3) is 0 Å². The van der Waals surface area contributed by atoms with Crippen LogP contribution in [0.15, 0.2) is 0 Å². The third kappa shape index (κ3) is 19.3. The molecule has 0 atom stereocenters. The van der Waals surface area contributed by atoms with Crippen LogP contribution >= 0.6 is 0 Å². The number of rotatable bonds is 0. The van der Waals surface area contributed by atoms with Crippen molar-refractivity contribution >= 4 is 6.20 Å². The van der Waals surface area contributed by atoms with Crippen molar-refractivity contribution in [2.45, 2.75) is 0 Å². The van der Waals surface area contributed by atoms with E-state index in [4.69, 9.17) is 0 Å². The fourth-order valence-electron chi connectivity index (χ4n) is 0. The minimum atomic E-state index is 0. The monoisotopic (exact) mass is 470 g/mol. The normalized spacial score (nSPS) is 1.00. The summed E-state index contributed by atoms with van der Waals surface area (Å²) in [6, 6.07) is 0. The zero-order valence-corrected chi connectivity index (χ0v) is 9.62. The van der Waals surface area contributed by atoms with E-state index >= 15 is 0 Å². The van der Waals surface area contributed by atoms with Gasteiger partial charge in [0.2, 0.25) is 0 Å². The van der Waals surface area contributed by atoms with Gasteiger partial charge in [-0.1, -0.05) is 0 Å². The second-order valence-corrected chi connectivity index (χ2v) is 0. The Kier molecular flexibility index (Phi) is 135. The molecule has 0 amide bonds. The second-order valence-electron chi connectivity index (χ2n) is 0. The SMILES string of the molecule is [BH2][Re].[Co].[Cr].[Tb]. The van der Waals surface area contributed by atoms with Gasteiger partial charge in [-0.25, -0.2) is 0 Å². The van der Waals surface area contributed by atoms with E-state index in [0.29, 0.717) is 0 Å². The van der Waals surface area contributed by atoms with Gasteiger partial charge in [-0.05, 0) is 0 Å². The van der Waals surface area contributed by atoms with Gasteiger partial charge >= 0.3 is 25.2 Å². The molecule has 0 N–H and O–H groups in total. The summed E-state index contributed by atoms with van der Waals surface area (Å²) < 4.78 is 0. The first-order valence-corrected chi connectivity index (χ1v) is 3.09. The quantitative estimate of drug-likeness (QED) is 0.403. The maximum Gasteiger partial charge on any atom is 0 e. The first-order chi connectivity index (χ1) is 1.00. The van der Waals surface area contributed by atoms with Crippen LogP contribution in [0, 0.1) is 38.6 Å². The van der Waals surface area contributed by atoms with Crippen molar-refractivity contribution in [3.63, 3.8) is 0 Å². The molecule has 0 heterocycles. The molecular formula is H2BCoCrReTb. The summed E-state index contributed by atoms with van der Waals surface area (Å²) in [5.74, 6) is 0. The molecule has 0 saturated carbocycles. The van der Waals surface area contributed by atoms with Crippen LogP contribution in [0.1, 0.15) is 0 Å². The molecule has 0 fully saturated rings. The van der Waals surface area contributed by atoms with E-state index in [1.165, 1.54) is 0 Å². The average Bonchev–Trinajstić information content (AvgIpc) is 1.00. The molecule has 0 rings (SSSR count). The Hall–Kier alpha value is 3.05. The molecule has 0 spiro atoms. The topological polar surface area (TPSA) is 0 Å². The maximum absolute atomic E-state index is 2.06. The van der Waals surface area contributed by atoms with Crippen molar-refractivity contribution in [2.75, 3.05) is 0 Å². The van der Waals surface area contributed by atoms with Crippen LogP contribution in [0.5, 0.6) is 0 Å². The summed E-state index contributed by atoms with van der Waals surface area (Å²) >= 11 is 1.72. The molecule has 0 aromatic heterocycles. The van der Waals surface area contributed by atoms with Gasteiger partial charge in [-0.3, -0.25) is 0 Å². The van der Waals surface area contributed by atoms with Gasteiger partial charge in [-0.2, -0.15) is 0 Å². The van der Waals surface area contributed by atoms with Crippen molar-refractivity contribution in [2.24, 2.45) is 0 Å². The van der Waals surface area contributed by atoms with E-state index in [2.05, 4.69) is 6.20 Å². The first kappa shape index (κ1) is 24.4. The third-order valence-electron chi connectivity index (χ3n) is 0. The predicted octanol–water partition coefficient (Wildman–Crippen LogP) is -0.924. The molecule has 2 radical (unpaired) electrons. The van der Waals surface area contributed by atoms with Crippen LogP contribution < -0.4 is 0 Å². The minimum absolute atomic E-state index is 0. The van der Waals surface area contributed by atoms with Gasteiger partial charge in [0.15, 0.2) is 0 Å². The summed E-state index contributed by atoms with van der Waals surface area (Å²) in [5.41, 5.74) is 0. The van der Waals surface area contributed by atoms with Gasteiger partial charge in [0.1, 0.15) is 0 Å².